The molecule has 2 heterocycles. The van der Waals surface area contributed by atoms with Gasteiger partial charge in [0.1, 0.15) is 6.04 Å². The Morgan fingerprint density at radius 3 is 2.73 bits per heavy atom. The highest BCUT2D eigenvalue weighted by molar-refractivity contribution is 5.76. The van der Waals surface area contributed by atoms with E-state index in [4.69, 9.17) is 15.0 Å². The van der Waals surface area contributed by atoms with Crippen molar-refractivity contribution < 1.29 is 14.1 Å². The van der Waals surface area contributed by atoms with Crippen LogP contribution in [-0.4, -0.2) is 46.7 Å². The Morgan fingerprint density at radius 2 is 2.00 bits per heavy atom. The number of primary amides is 1. The van der Waals surface area contributed by atoms with Crippen LogP contribution < -0.4 is 5.73 Å². The monoisotopic (exact) mass is 356 g/mol. The Morgan fingerprint density at radius 1 is 1.23 bits per heavy atom. The standard InChI is InChI=1S/C19H24N4O3/c20-17(24)11-13-5-7-14(8-6-13)18-21-19(26-22-18)16-12-25-10-9-23(16)15-3-1-2-4-15/h5-8,15-16H,1-4,9-12H2,(H2,20,24). The van der Waals surface area contributed by atoms with Gasteiger partial charge in [-0.2, -0.15) is 4.98 Å². The summed E-state index contributed by atoms with van der Waals surface area (Å²) in [6.07, 6.45) is 5.29. The average Bonchev–Trinajstić information content (AvgIpc) is 3.34. The van der Waals surface area contributed by atoms with Crippen molar-refractivity contribution in [3.63, 3.8) is 0 Å². The number of carbonyl (C=O) groups is 1. The second-order valence-corrected chi connectivity index (χ2v) is 7.06. The molecule has 2 aliphatic rings. The lowest BCUT2D eigenvalue weighted by Crippen LogP contribution is -2.44. The van der Waals surface area contributed by atoms with Crippen LogP contribution in [0.2, 0.25) is 0 Å². The summed E-state index contributed by atoms with van der Waals surface area (Å²) >= 11 is 0. The molecule has 26 heavy (non-hydrogen) atoms. The van der Waals surface area contributed by atoms with Gasteiger partial charge >= 0.3 is 0 Å². The van der Waals surface area contributed by atoms with Crippen LogP contribution >= 0.6 is 0 Å². The van der Waals surface area contributed by atoms with E-state index in [1.165, 1.54) is 25.7 Å². The first kappa shape index (κ1) is 17.2. The summed E-state index contributed by atoms with van der Waals surface area (Å²) in [5.74, 6) is 0.833. The minimum absolute atomic E-state index is 0.0298. The number of nitrogens with two attached hydrogens (primary N) is 1. The van der Waals surface area contributed by atoms with E-state index in [-0.39, 0.29) is 18.4 Å². The molecule has 138 valence electrons. The highest BCUT2D eigenvalue weighted by atomic mass is 16.5. The number of morpholine rings is 1. The molecule has 0 bridgehead atoms. The first-order valence-corrected chi connectivity index (χ1v) is 9.25. The highest BCUT2D eigenvalue weighted by Crippen LogP contribution is 2.33. The second kappa shape index (κ2) is 7.55. The molecule has 1 atom stereocenters. The number of hydrogen-bond donors (Lipinski definition) is 1. The average molecular weight is 356 g/mol. The third kappa shape index (κ3) is 3.64. The van der Waals surface area contributed by atoms with E-state index in [1.807, 2.05) is 24.3 Å². The molecule has 1 saturated carbocycles. The van der Waals surface area contributed by atoms with Gasteiger partial charge in [-0.25, -0.2) is 0 Å². The number of carbonyl (C=O) groups excluding carboxylic acids is 1. The van der Waals surface area contributed by atoms with E-state index in [0.717, 1.165) is 24.3 Å². The molecule has 1 aromatic carbocycles. The number of benzene rings is 1. The molecule has 2 fully saturated rings. The van der Waals surface area contributed by atoms with Crippen LogP contribution in [0.4, 0.5) is 0 Å². The summed E-state index contributed by atoms with van der Waals surface area (Å²) in [6, 6.07) is 8.13. The molecular weight excluding hydrogens is 332 g/mol. The molecule has 1 unspecified atom stereocenters. The summed E-state index contributed by atoms with van der Waals surface area (Å²) in [7, 11) is 0. The Bertz CT molecular complexity index is 752. The Kier molecular flexibility index (Phi) is 4.99. The number of hydrogen-bond acceptors (Lipinski definition) is 6. The minimum Gasteiger partial charge on any atom is -0.378 e. The van der Waals surface area contributed by atoms with Gasteiger partial charge in [-0.3, -0.25) is 9.69 Å². The minimum atomic E-state index is -0.344. The van der Waals surface area contributed by atoms with Crippen LogP contribution in [0, 0.1) is 0 Å². The summed E-state index contributed by atoms with van der Waals surface area (Å²) < 4.78 is 11.3. The molecular formula is C19H24N4O3. The van der Waals surface area contributed by atoms with Crippen LogP contribution in [0.25, 0.3) is 11.4 Å². The molecule has 1 aromatic heterocycles. The fraction of sp³-hybridized carbons (Fsp3) is 0.526. The largest absolute Gasteiger partial charge is 0.378 e. The van der Waals surface area contributed by atoms with Gasteiger partial charge in [0.2, 0.25) is 17.6 Å². The van der Waals surface area contributed by atoms with Crippen LogP contribution in [0.5, 0.6) is 0 Å². The maximum Gasteiger partial charge on any atom is 0.246 e. The molecule has 1 aliphatic carbocycles. The smallest absolute Gasteiger partial charge is 0.246 e. The predicted molar refractivity (Wildman–Crippen MR) is 95.2 cm³/mol. The molecule has 1 aliphatic heterocycles. The molecule has 4 rings (SSSR count). The predicted octanol–water partition coefficient (Wildman–Crippen LogP) is 2.08. The molecule has 2 aromatic rings. The highest BCUT2D eigenvalue weighted by Gasteiger charge is 2.35. The molecule has 0 radical (unpaired) electrons. The van der Waals surface area contributed by atoms with Gasteiger partial charge in [0, 0.05) is 18.2 Å². The van der Waals surface area contributed by atoms with E-state index in [2.05, 4.69) is 15.0 Å². The van der Waals surface area contributed by atoms with Crippen molar-refractivity contribution in [1.29, 1.82) is 0 Å². The number of ether oxygens (including phenoxy) is 1. The molecule has 1 amide bonds. The molecule has 2 N–H and O–H groups in total. The first-order chi connectivity index (χ1) is 12.7. The van der Waals surface area contributed by atoms with E-state index in [9.17, 15) is 4.79 Å². The summed E-state index contributed by atoms with van der Waals surface area (Å²) in [5.41, 5.74) is 6.96. The van der Waals surface area contributed by atoms with Gasteiger partial charge in [-0.05, 0) is 18.4 Å². The van der Waals surface area contributed by atoms with E-state index in [0.29, 0.717) is 24.4 Å². The lowest BCUT2D eigenvalue weighted by atomic mass is 10.1. The zero-order chi connectivity index (χ0) is 17.9. The van der Waals surface area contributed by atoms with Crippen molar-refractivity contribution in [2.75, 3.05) is 19.8 Å². The lowest BCUT2D eigenvalue weighted by molar-refractivity contribution is -0.117. The van der Waals surface area contributed by atoms with Crippen molar-refractivity contribution in [2.45, 2.75) is 44.2 Å². The second-order valence-electron chi connectivity index (χ2n) is 7.06. The zero-order valence-corrected chi connectivity index (χ0v) is 14.8. The van der Waals surface area contributed by atoms with E-state index < -0.39 is 0 Å². The van der Waals surface area contributed by atoms with Gasteiger partial charge < -0.3 is 15.0 Å². The van der Waals surface area contributed by atoms with E-state index >= 15 is 0 Å². The SMILES string of the molecule is NC(=O)Cc1ccc(-c2noc(C3COCCN3C3CCCC3)n2)cc1. The van der Waals surface area contributed by atoms with Gasteiger partial charge in [-0.1, -0.05) is 42.3 Å². The number of aromatic nitrogens is 2. The molecule has 1 saturated heterocycles. The van der Waals surface area contributed by atoms with Gasteiger partial charge in [0.25, 0.3) is 0 Å². The van der Waals surface area contributed by atoms with Crippen molar-refractivity contribution in [2.24, 2.45) is 5.73 Å². The van der Waals surface area contributed by atoms with E-state index in [1.54, 1.807) is 0 Å². The molecule has 7 nitrogen and oxygen atoms in total. The Hall–Kier alpha value is -2.25. The van der Waals surface area contributed by atoms with Gasteiger partial charge in [0.05, 0.1) is 19.6 Å². The van der Waals surface area contributed by atoms with Crippen LogP contribution in [0.3, 0.4) is 0 Å². The zero-order valence-electron chi connectivity index (χ0n) is 14.8. The van der Waals surface area contributed by atoms with Crippen molar-refractivity contribution in [1.82, 2.24) is 15.0 Å². The van der Waals surface area contributed by atoms with Gasteiger partial charge in [0.15, 0.2) is 0 Å². The fourth-order valence-electron chi connectivity index (χ4n) is 3.96. The van der Waals surface area contributed by atoms with Crippen molar-refractivity contribution >= 4 is 5.91 Å². The fourth-order valence-corrected chi connectivity index (χ4v) is 3.96. The Balaban J connectivity index is 1.52. The quantitative estimate of drug-likeness (QED) is 0.881. The van der Waals surface area contributed by atoms with Crippen LogP contribution in [-0.2, 0) is 16.0 Å². The van der Waals surface area contributed by atoms with Crippen molar-refractivity contribution in [3.8, 4) is 11.4 Å². The van der Waals surface area contributed by atoms with Gasteiger partial charge in [-0.15, -0.1) is 0 Å². The Labute approximate surface area is 152 Å². The summed E-state index contributed by atoms with van der Waals surface area (Å²) in [6.45, 7) is 2.26. The molecule has 0 spiro atoms. The normalized spacial score (nSPS) is 21.9. The van der Waals surface area contributed by atoms with Crippen LogP contribution in [0.15, 0.2) is 28.8 Å². The lowest BCUT2D eigenvalue weighted by Gasteiger charge is -2.37. The topological polar surface area (TPSA) is 94.5 Å². The number of amides is 1. The number of rotatable bonds is 5. The third-order valence-electron chi connectivity index (χ3n) is 5.28. The maximum absolute atomic E-state index is 11.0. The third-order valence-corrected chi connectivity index (χ3v) is 5.28. The van der Waals surface area contributed by atoms with Crippen molar-refractivity contribution in [3.05, 3.63) is 35.7 Å². The number of nitrogens with zero attached hydrogens (tertiary/aromatic N) is 3. The maximum atomic E-state index is 11.0. The summed E-state index contributed by atoms with van der Waals surface area (Å²) in [4.78, 5) is 18.1. The first-order valence-electron chi connectivity index (χ1n) is 9.25. The van der Waals surface area contributed by atoms with Crippen LogP contribution in [0.1, 0.15) is 43.2 Å². The summed E-state index contributed by atoms with van der Waals surface area (Å²) in [5, 5.41) is 4.15. The molecule has 7 heteroatoms.